The van der Waals surface area contributed by atoms with Crippen molar-refractivity contribution in [3.05, 3.63) is 33.8 Å². The van der Waals surface area contributed by atoms with Gasteiger partial charge in [0.1, 0.15) is 0 Å². The fourth-order valence-corrected chi connectivity index (χ4v) is 3.02. The van der Waals surface area contributed by atoms with E-state index in [0.717, 1.165) is 12.8 Å². The fourth-order valence-electron chi connectivity index (χ4n) is 2.48. The predicted molar refractivity (Wildman–Crippen MR) is 79.7 cm³/mol. The number of rotatable bonds is 4. The number of aliphatic hydroxyl groups excluding tert-OH is 1. The predicted octanol–water partition coefficient (Wildman–Crippen LogP) is 2.27. The van der Waals surface area contributed by atoms with Gasteiger partial charge in [0.2, 0.25) is 5.91 Å². The molecule has 0 aromatic heterocycles. The molecule has 1 saturated carbocycles. The van der Waals surface area contributed by atoms with Crippen LogP contribution in [0, 0.1) is 5.92 Å². The maximum Gasteiger partial charge on any atom is 0.223 e. The summed E-state index contributed by atoms with van der Waals surface area (Å²) in [5.41, 5.74) is 6.37. The molecule has 1 aromatic carbocycles. The van der Waals surface area contributed by atoms with Crippen molar-refractivity contribution < 1.29 is 9.90 Å². The van der Waals surface area contributed by atoms with Crippen LogP contribution < -0.4 is 11.1 Å². The molecule has 1 amide bonds. The first kappa shape index (κ1) is 15.6. The first-order valence-corrected chi connectivity index (χ1v) is 7.38. The zero-order chi connectivity index (χ0) is 14.7. The number of halogens is 2. The lowest BCUT2D eigenvalue weighted by Crippen LogP contribution is -2.33. The topological polar surface area (TPSA) is 75.4 Å². The van der Waals surface area contributed by atoms with E-state index in [4.69, 9.17) is 28.9 Å². The van der Waals surface area contributed by atoms with Gasteiger partial charge in [0.15, 0.2) is 0 Å². The number of benzene rings is 1. The first-order valence-electron chi connectivity index (χ1n) is 6.63. The second-order valence-corrected chi connectivity index (χ2v) is 6.11. The molecule has 1 aliphatic rings. The van der Waals surface area contributed by atoms with Crippen molar-refractivity contribution in [2.24, 2.45) is 11.7 Å². The van der Waals surface area contributed by atoms with E-state index in [1.54, 1.807) is 18.2 Å². The van der Waals surface area contributed by atoms with Gasteiger partial charge in [-0.25, -0.2) is 0 Å². The van der Waals surface area contributed by atoms with Crippen molar-refractivity contribution in [1.29, 1.82) is 0 Å². The number of amides is 1. The van der Waals surface area contributed by atoms with Gasteiger partial charge >= 0.3 is 0 Å². The minimum absolute atomic E-state index is 0.0415. The molecule has 3 unspecified atom stereocenters. The summed E-state index contributed by atoms with van der Waals surface area (Å²) in [5, 5.41) is 13.7. The molecular formula is C14H18Cl2N2O2. The molecule has 0 radical (unpaired) electrons. The van der Waals surface area contributed by atoms with Crippen LogP contribution in [0.5, 0.6) is 0 Å². The van der Waals surface area contributed by atoms with Gasteiger partial charge in [0, 0.05) is 28.5 Å². The molecule has 1 aromatic rings. The highest BCUT2D eigenvalue weighted by Crippen LogP contribution is 2.25. The molecule has 0 saturated heterocycles. The third-order valence-corrected chi connectivity index (χ3v) is 4.02. The number of nitrogens with one attached hydrogen (secondary N) is 1. The second kappa shape index (κ2) is 6.76. The molecule has 6 heteroatoms. The third-order valence-electron chi connectivity index (χ3n) is 3.58. The van der Waals surface area contributed by atoms with E-state index >= 15 is 0 Å². The van der Waals surface area contributed by atoms with Crippen molar-refractivity contribution in [3.63, 3.8) is 0 Å². The summed E-state index contributed by atoms with van der Waals surface area (Å²) in [4.78, 5) is 11.9. The number of hydrogen-bond acceptors (Lipinski definition) is 3. The molecule has 0 bridgehead atoms. The van der Waals surface area contributed by atoms with E-state index in [-0.39, 0.29) is 24.4 Å². The standard InChI is InChI=1S/C14H18Cl2N2O2/c15-10-3-9(4-11(16)6-10)13(19)7-18-14(20)8-1-2-12(17)5-8/h3-4,6,8,12-13,19H,1-2,5,7,17H2,(H,18,20). The highest BCUT2D eigenvalue weighted by atomic mass is 35.5. The Morgan fingerprint density at radius 2 is 2.00 bits per heavy atom. The summed E-state index contributed by atoms with van der Waals surface area (Å²) in [7, 11) is 0. The molecule has 0 aliphatic heterocycles. The Kier molecular flexibility index (Phi) is 5.27. The molecule has 0 spiro atoms. The van der Waals surface area contributed by atoms with Crippen LogP contribution in [-0.4, -0.2) is 23.6 Å². The summed E-state index contributed by atoms with van der Waals surface area (Å²) >= 11 is 11.8. The summed E-state index contributed by atoms with van der Waals surface area (Å²) < 4.78 is 0. The highest BCUT2D eigenvalue weighted by molar-refractivity contribution is 6.34. The second-order valence-electron chi connectivity index (χ2n) is 5.23. The van der Waals surface area contributed by atoms with Crippen LogP contribution in [0.2, 0.25) is 10.0 Å². The van der Waals surface area contributed by atoms with Gasteiger partial charge in [0.05, 0.1) is 6.10 Å². The maximum absolute atomic E-state index is 11.9. The van der Waals surface area contributed by atoms with Crippen LogP contribution in [0.3, 0.4) is 0 Å². The van der Waals surface area contributed by atoms with E-state index in [2.05, 4.69) is 5.32 Å². The van der Waals surface area contributed by atoms with Gasteiger partial charge in [-0.1, -0.05) is 23.2 Å². The summed E-state index contributed by atoms with van der Waals surface area (Å²) in [6.07, 6.45) is 1.58. The van der Waals surface area contributed by atoms with Crippen LogP contribution in [0.15, 0.2) is 18.2 Å². The number of carbonyl (C=O) groups excluding carboxylic acids is 1. The number of hydrogen-bond donors (Lipinski definition) is 3. The van der Waals surface area contributed by atoms with E-state index in [0.29, 0.717) is 22.0 Å². The minimum atomic E-state index is -0.828. The zero-order valence-corrected chi connectivity index (χ0v) is 12.5. The van der Waals surface area contributed by atoms with Crippen LogP contribution in [0.1, 0.15) is 30.9 Å². The van der Waals surface area contributed by atoms with Crippen molar-refractivity contribution in [2.45, 2.75) is 31.4 Å². The molecule has 0 heterocycles. The largest absolute Gasteiger partial charge is 0.387 e. The first-order chi connectivity index (χ1) is 9.45. The lowest BCUT2D eigenvalue weighted by molar-refractivity contribution is -0.125. The van der Waals surface area contributed by atoms with Gasteiger partial charge in [0.25, 0.3) is 0 Å². The number of nitrogens with two attached hydrogens (primary N) is 1. The van der Waals surface area contributed by atoms with Crippen LogP contribution in [-0.2, 0) is 4.79 Å². The van der Waals surface area contributed by atoms with Crippen molar-refractivity contribution >= 4 is 29.1 Å². The average molecular weight is 317 g/mol. The van der Waals surface area contributed by atoms with Crippen LogP contribution in [0.25, 0.3) is 0 Å². The average Bonchev–Trinajstić information content (AvgIpc) is 2.81. The number of carbonyl (C=O) groups is 1. The van der Waals surface area contributed by atoms with E-state index in [1.165, 1.54) is 0 Å². The Hall–Kier alpha value is -0.810. The smallest absolute Gasteiger partial charge is 0.223 e. The lowest BCUT2D eigenvalue weighted by Gasteiger charge is -2.15. The van der Waals surface area contributed by atoms with Gasteiger partial charge in [-0.3, -0.25) is 4.79 Å². The third kappa shape index (κ3) is 4.09. The van der Waals surface area contributed by atoms with Gasteiger partial charge < -0.3 is 16.2 Å². The Labute approximate surface area is 128 Å². The highest BCUT2D eigenvalue weighted by Gasteiger charge is 2.27. The number of aliphatic hydroxyl groups is 1. The van der Waals surface area contributed by atoms with E-state index in [9.17, 15) is 9.90 Å². The maximum atomic E-state index is 11.9. The Bertz CT molecular complexity index is 476. The van der Waals surface area contributed by atoms with Crippen molar-refractivity contribution in [3.8, 4) is 0 Å². The van der Waals surface area contributed by atoms with Crippen LogP contribution >= 0.6 is 23.2 Å². The monoisotopic (exact) mass is 316 g/mol. The summed E-state index contributed by atoms with van der Waals surface area (Å²) in [6.45, 7) is 0.140. The molecule has 2 rings (SSSR count). The van der Waals surface area contributed by atoms with Gasteiger partial charge in [-0.05, 0) is 43.0 Å². The molecule has 20 heavy (non-hydrogen) atoms. The minimum Gasteiger partial charge on any atom is -0.387 e. The lowest BCUT2D eigenvalue weighted by atomic mass is 10.1. The summed E-state index contributed by atoms with van der Waals surface area (Å²) in [5.74, 6) is -0.0923. The van der Waals surface area contributed by atoms with Gasteiger partial charge in [-0.2, -0.15) is 0 Å². The van der Waals surface area contributed by atoms with Gasteiger partial charge in [-0.15, -0.1) is 0 Å². The quantitative estimate of drug-likeness (QED) is 0.797. The summed E-state index contributed by atoms with van der Waals surface area (Å²) in [6, 6.07) is 4.98. The molecule has 4 nitrogen and oxygen atoms in total. The molecule has 4 N–H and O–H groups in total. The molecule has 3 atom stereocenters. The van der Waals surface area contributed by atoms with Crippen molar-refractivity contribution in [1.82, 2.24) is 5.32 Å². The SMILES string of the molecule is NC1CCC(C(=O)NCC(O)c2cc(Cl)cc(Cl)c2)C1. The van der Waals surface area contributed by atoms with E-state index in [1.807, 2.05) is 0 Å². The Morgan fingerprint density at radius 1 is 1.35 bits per heavy atom. The Balaban J connectivity index is 1.88. The van der Waals surface area contributed by atoms with Crippen molar-refractivity contribution in [2.75, 3.05) is 6.54 Å². The zero-order valence-electron chi connectivity index (χ0n) is 11.0. The molecule has 110 valence electrons. The molecule has 1 aliphatic carbocycles. The Morgan fingerprint density at radius 3 is 2.55 bits per heavy atom. The molecule has 1 fully saturated rings. The van der Waals surface area contributed by atoms with E-state index < -0.39 is 6.10 Å². The fraction of sp³-hybridized carbons (Fsp3) is 0.500. The van der Waals surface area contributed by atoms with Crippen LogP contribution in [0.4, 0.5) is 0 Å². The normalized spacial score (nSPS) is 23.6. The molecular weight excluding hydrogens is 299 g/mol.